The molecule has 0 saturated carbocycles. The van der Waals surface area contributed by atoms with Crippen LogP contribution < -0.4 is 10.2 Å². The number of fused-ring (bicyclic) bond motifs is 7. The van der Waals surface area contributed by atoms with Crippen LogP contribution in [0.4, 0.5) is 11.4 Å². The number of hydrogen-bond donors (Lipinski definition) is 1. The number of hydrogen-bond acceptors (Lipinski definition) is 4. The lowest BCUT2D eigenvalue weighted by molar-refractivity contribution is -0.135. The van der Waals surface area contributed by atoms with Crippen molar-refractivity contribution in [2.45, 2.75) is 38.3 Å². The number of anilines is 2. The number of nitrogens with one attached hydrogen (secondary N) is 1. The zero-order chi connectivity index (χ0) is 20.8. The molecule has 152 valence electrons. The lowest BCUT2D eigenvalue weighted by Gasteiger charge is -2.36. The van der Waals surface area contributed by atoms with Gasteiger partial charge in [0.25, 0.3) is 0 Å². The average molecular weight is 401 g/mol. The smallest absolute Gasteiger partial charge is 0.250 e. The van der Waals surface area contributed by atoms with Gasteiger partial charge in [-0.1, -0.05) is 35.4 Å². The van der Waals surface area contributed by atoms with E-state index in [0.717, 1.165) is 41.8 Å². The Kier molecular flexibility index (Phi) is 3.44. The number of rotatable bonds is 1. The molecule has 0 unspecified atom stereocenters. The van der Waals surface area contributed by atoms with Crippen molar-refractivity contribution in [1.29, 1.82) is 0 Å². The Bertz CT molecular complexity index is 1130. The lowest BCUT2D eigenvalue weighted by atomic mass is 9.75. The van der Waals surface area contributed by atoms with Gasteiger partial charge in [0.1, 0.15) is 5.54 Å². The molecule has 4 atom stereocenters. The van der Waals surface area contributed by atoms with Gasteiger partial charge in [-0.05, 0) is 51.4 Å². The second kappa shape index (κ2) is 5.79. The summed E-state index contributed by atoms with van der Waals surface area (Å²) >= 11 is 0. The third-order valence-electron chi connectivity index (χ3n) is 7.44. The molecule has 0 aliphatic carbocycles. The third-order valence-corrected chi connectivity index (χ3v) is 7.44. The van der Waals surface area contributed by atoms with Gasteiger partial charge < -0.3 is 5.32 Å². The summed E-state index contributed by atoms with van der Waals surface area (Å²) < 4.78 is 0. The Labute approximate surface area is 174 Å². The Hall–Kier alpha value is -2.99. The Morgan fingerprint density at radius 3 is 2.47 bits per heavy atom. The molecular formula is C24H23N3O3. The predicted octanol–water partition coefficient (Wildman–Crippen LogP) is 2.73. The van der Waals surface area contributed by atoms with E-state index in [4.69, 9.17) is 0 Å². The van der Waals surface area contributed by atoms with E-state index < -0.39 is 17.4 Å². The summed E-state index contributed by atoms with van der Waals surface area (Å²) in [6.45, 7) is 4.69. The Morgan fingerprint density at radius 2 is 1.70 bits per heavy atom. The van der Waals surface area contributed by atoms with Crippen molar-refractivity contribution in [2.24, 2.45) is 11.8 Å². The normalized spacial score (nSPS) is 32.0. The van der Waals surface area contributed by atoms with Crippen LogP contribution in [0.25, 0.3) is 0 Å². The minimum Gasteiger partial charge on any atom is -0.324 e. The molecule has 6 rings (SSSR count). The summed E-state index contributed by atoms with van der Waals surface area (Å²) in [4.78, 5) is 44.5. The van der Waals surface area contributed by atoms with Gasteiger partial charge in [-0.25, -0.2) is 4.90 Å². The van der Waals surface area contributed by atoms with Crippen LogP contribution in [-0.4, -0.2) is 35.2 Å². The fourth-order valence-corrected chi connectivity index (χ4v) is 6.27. The monoisotopic (exact) mass is 401 g/mol. The summed E-state index contributed by atoms with van der Waals surface area (Å²) in [7, 11) is 0. The van der Waals surface area contributed by atoms with E-state index in [-0.39, 0.29) is 23.8 Å². The van der Waals surface area contributed by atoms with Crippen molar-refractivity contribution in [3.05, 3.63) is 59.2 Å². The van der Waals surface area contributed by atoms with Crippen molar-refractivity contribution in [3.63, 3.8) is 0 Å². The molecule has 3 amide bonds. The van der Waals surface area contributed by atoms with E-state index in [2.05, 4.69) is 10.2 Å². The average Bonchev–Trinajstić information content (AvgIpc) is 3.42. The van der Waals surface area contributed by atoms with Crippen LogP contribution in [0.1, 0.15) is 29.5 Å². The van der Waals surface area contributed by atoms with Crippen molar-refractivity contribution in [2.75, 3.05) is 16.8 Å². The summed E-state index contributed by atoms with van der Waals surface area (Å²) in [5, 5.41) is 3.02. The van der Waals surface area contributed by atoms with Crippen molar-refractivity contribution < 1.29 is 14.4 Å². The van der Waals surface area contributed by atoms with Crippen LogP contribution in [0.15, 0.2) is 42.5 Å². The first kappa shape index (κ1) is 17.8. The number of carbonyl (C=O) groups excluding carboxylic acids is 3. The second-order valence-electron chi connectivity index (χ2n) is 9.02. The molecule has 3 saturated heterocycles. The molecule has 30 heavy (non-hydrogen) atoms. The maximum atomic E-state index is 13.8. The van der Waals surface area contributed by atoms with Crippen LogP contribution in [0.2, 0.25) is 0 Å². The molecule has 1 N–H and O–H groups in total. The first-order chi connectivity index (χ1) is 14.4. The molecule has 0 bridgehead atoms. The topological polar surface area (TPSA) is 69.7 Å². The molecule has 4 aliphatic heterocycles. The first-order valence-corrected chi connectivity index (χ1v) is 10.6. The molecule has 6 nitrogen and oxygen atoms in total. The molecule has 1 spiro atoms. The number of carbonyl (C=O) groups is 3. The number of aryl methyl sites for hydroxylation is 2. The van der Waals surface area contributed by atoms with Crippen LogP contribution in [0, 0.1) is 25.7 Å². The highest BCUT2D eigenvalue weighted by atomic mass is 16.2. The van der Waals surface area contributed by atoms with Crippen LogP contribution in [0.3, 0.4) is 0 Å². The van der Waals surface area contributed by atoms with E-state index >= 15 is 0 Å². The zero-order valence-corrected chi connectivity index (χ0v) is 17.0. The van der Waals surface area contributed by atoms with Crippen molar-refractivity contribution in [3.8, 4) is 0 Å². The number of amides is 3. The van der Waals surface area contributed by atoms with Gasteiger partial charge in [-0.15, -0.1) is 0 Å². The molecule has 0 radical (unpaired) electrons. The second-order valence-corrected chi connectivity index (χ2v) is 9.02. The molecule has 6 heteroatoms. The summed E-state index contributed by atoms with van der Waals surface area (Å²) in [6, 6.07) is 13.2. The van der Waals surface area contributed by atoms with Gasteiger partial charge in [-0.3, -0.25) is 19.3 Å². The highest BCUT2D eigenvalue weighted by molar-refractivity contribution is 6.25. The highest BCUT2D eigenvalue weighted by Gasteiger charge is 2.74. The minimum atomic E-state index is -1.10. The molecule has 3 fully saturated rings. The molecule has 4 heterocycles. The molecule has 4 aliphatic rings. The third kappa shape index (κ3) is 1.95. The van der Waals surface area contributed by atoms with Gasteiger partial charge in [0.15, 0.2) is 0 Å². The van der Waals surface area contributed by atoms with E-state index in [0.29, 0.717) is 5.69 Å². The quantitative estimate of drug-likeness (QED) is 0.746. The minimum absolute atomic E-state index is 0.0842. The maximum absolute atomic E-state index is 13.8. The lowest BCUT2D eigenvalue weighted by Crippen LogP contribution is -2.54. The van der Waals surface area contributed by atoms with Gasteiger partial charge in [0.2, 0.25) is 17.7 Å². The van der Waals surface area contributed by atoms with Crippen LogP contribution in [-0.2, 0) is 19.9 Å². The summed E-state index contributed by atoms with van der Waals surface area (Å²) in [5.41, 5.74) is 3.20. The Balaban J connectivity index is 1.56. The van der Waals surface area contributed by atoms with Crippen LogP contribution in [0.5, 0.6) is 0 Å². The van der Waals surface area contributed by atoms with Gasteiger partial charge in [0.05, 0.1) is 17.5 Å². The number of nitrogens with zero attached hydrogens (tertiary/aromatic N) is 2. The molecule has 0 aromatic heterocycles. The van der Waals surface area contributed by atoms with E-state index in [1.54, 1.807) is 0 Å². The molecule has 2 aromatic rings. The highest BCUT2D eigenvalue weighted by Crippen LogP contribution is 2.60. The fourth-order valence-electron chi connectivity index (χ4n) is 6.27. The number of benzene rings is 2. The Morgan fingerprint density at radius 1 is 0.967 bits per heavy atom. The SMILES string of the molecule is Cc1ccc(N2C(=O)[C@H]3[C@H]4CCCN4[C@@]4(C(=O)Nc5ccc(C)cc54)[C@H]3C2=O)cc1. The van der Waals surface area contributed by atoms with Crippen LogP contribution >= 0.6 is 0 Å². The summed E-state index contributed by atoms with van der Waals surface area (Å²) in [5.74, 6) is -1.78. The summed E-state index contributed by atoms with van der Waals surface area (Å²) in [6.07, 6.45) is 1.76. The number of imide groups is 1. The van der Waals surface area contributed by atoms with E-state index in [1.807, 2.05) is 56.3 Å². The van der Waals surface area contributed by atoms with Crippen molar-refractivity contribution >= 4 is 29.1 Å². The van der Waals surface area contributed by atoms with Gasteiger partial charge in [-0.2, -0.15) is 0 Å². The van der Waals surface area contributed by atoms with E-state index in [1.165, 1.54) is 4.90 Å². The van der Waals surface area contributed by atoms with E-state index in [9.17, 15) is 14.4 Å². The standard InChI is InChI=1S/C24H23N3O3/c1-13-5-8-15(9-6-13)27-21(28)19-18-4-3-11-26(18)24(20(19)22(27)29)16-12-14(2)7-10-17(16)25-23(24)30/h5-10,12,18-20H,3-4,11H2,1-2H3,(H,25,30)/t18-,19+,20-,24-/m1/s1. The molecular weight excluding hydrogens is 378 g/mol. The first-order valence-electron chi connectivity index (χ1n) is 10.6. The zero-order valence-electron chi connectivity index (χ0n) is 17.0. The predicted molar refractivity (Wildman–Crippen MR) is 112 cm³/mol. The maximum Gasteiger partial charge on any atom is 0.250 e. The fraction of sp³-hybridized carbons (Fsp3) is 0.375. The largest absolute Gasteiger partial charge is 0.324 e. The molecule has 2 aromatic carbocycles. The van der Waals surface area contributed by atoms with Gasteiger partial charge >= 0.3 is 0 Å². The van der Waals surface area contributed by atoms with Gasteiger partial charge in [0, 0.05) is 17.3 Å². The van der Waals surface area contributed by atoms with Crippen molar-refractivity contribution in [1.82, 2.24) is 4.90 Å².